The number of aromatic nitrogens is 2. The predicted octanol–water partition coefficient (Wildman–Crippen LogP) is 7.95. The molecule has 3 atom stereocenters. The molecule has 0 radical (unpaired) electrons. The van der Waals surface area contributed by atoms with E-state index in [9.17, 15) is 0 Å². The molecule has 2 fully saturated rings. The maximum absolute atomic E-state index is 2.65. The third-order valence-electron chi connectivity index (χ3n) is 10.3. The van der Waals surface area contributed by atoms with Crippen molar-refractivity contribution in [2.24, 2.45) is 18.9 Å². The van der Waals surface area contributed by atoms with E-state index in [4.69, 9.17) is 0 Å². The Morgan fingerprint density at radius 2 is 1.60 bits per heavy atom. The number of fused-ring (bicyclic) bond motifs is 8. The first-order valence-corrected chi connectivity index (χ1v) is 13.4. The zero-order chi connectivity index (χ0) is 23.7. The SMILES string of the molecule is Cc1c(C)c(C)c2c(c1C)c1c3c(cc[n+]1C)cc(C1CC4CCC1C4)c1c4ccccc4n2c13. The molecule has 2 aliphatic rings. The summed E-state index contributed by atoms with van der Waals surface area (Å²) >= 11 is 0. The number of aryl methyl sites for hydroxylation is 3. The van der Waals surface area contributed by atoms with Gasteiger partial charge in [0.05, 0.1) is 27.3 Å². The highest BCUT2D eigenvalue weighted by molar-refractivity contribution is 6.28. The van der Waals surface area contributed by atoms with Crippen LogP contribution in [-0.2, 0) is 7.05 Å². The molecular weight excluding hydrogens is 424 g/mol. The van der Waals surface area contributed by atoms with E-state index in [1.54, 1.807) is 5.56 Å². The number of para-hydroxylation sites is 1. The second-order valence-corrected chi connectivity index (χ2v) is 11.8. The summed E-state index contributed by atoms with van der Waals surface area (Å²) in [4.78, 5) is 0. The molecule has 2 aliphatic carbocycles. The molecule has 8 rings (SSSR count). The van der Waals surface area contributed by atoms with Crippen molar-refractivity contribution in [1.82, 2.24) is 4.40 Å². The molecule has 3 aromatic heterocycles. The Morgan fingerprint density at radius 1 is 0.800 bits per heavy atom. The van der Waals surface area contributed by atoms with E-state index in [1.807, 2.05) is 0 Å². The highest BCUT2D eigenvalue weighted by Crippen LogP contribution is 2.56. The van der Waals surface area contributed by atoms with Gasteiger partial charge in [-0.05, 0) is 110 Å². The van der Waals surface area contributed by atoms with E-state index in [0.717, 1.165) is 11.8 Å². The minimum Gasteiger partial charge on any atom is -0.307 e. The molecule has 0 spiro atoms. The Hall–Kier alpha value is -3.13. The number of benzene rings is 3. The van der Waals surface area contributed by atoms with E-state index < -0.39 is 0 Å². The largest absolute Gasteiger partial charge is 0.307 e. The van der Waals surface area contributed by atoms with Gasteiger partial charge in [-0.15, -0.1) is 0 Å². The van der Waals surface area contributed by atoms with Gasteiger partial charge in [0.25, 0.3) is 0 Å². The fraction of sp³-hybridized carbons (Fsp3) is 0.364. The van der Waals surface area contributed by atoms with Gasteiger partial charge in [0.1, 0.15) is 7.05 Å². The van der Waals surface area contributed by atoms with Crippen LogP contribution in [0, 0.1) is 39.5 Å². The molecule has 3 aromatic carbocycles. The maximum atomic E-state index is 2.65. The standard InChI is InChI=1S/C33H33N2/c1-17-18(2)20(4)31-28(19(17)3)32-29-23(12-13-34(32)5)16-26(25-15-21-10-11-22(25)14-21)30-24-8-6-7-9-27(24)35(31)33(29)30/h6-9,12-13,16,21-22,25H,10-11,14-15H2,1-5H3/q+1. The maximum Gasteiger partial charge on any atom is 0.224 e. The van der Waals surface area contributed by atoms with Crippen molar-refractivity contribution in [3.8, 4) is 0 Å². The smallest absolute Gasteiger partial charge is 0.224 e. The van der Waals surface area contributed by atoms with E-state index in [0.29, 0.717) is 5.92 Å². The zero-order valence-electron chi connectivity index (χ0n) is 21.5. The Morgan fingerprint density at radius 3 is 2.37 bits per heavy atom. The van der Waals surface area contributed by atoms with E-state index in [1.165, 1.54) is 96.9 Å². The minimum atomic E-state index is 0.707. The molecule has 174 valence electrons. The summed E-state index contributed by atoms with van der Waals surface area (Å²) in [6, 6.07) is 14.2. The van der Waals surface area contributed by atoms with Crippen LogP contribution < -0.4 is 4.57 Å². The molecule has 2 bridgehead atoms. The Balaban J connectivity index is 1.72. The van der Waals surface area contributed by atoms with Crippen LogP contribution in [-0.4, -0.2) is 4.40 Å². The number of hydrogen-bond donors (Lipinski definition) is 0. The van der Waals surface area contributed by atoms with Crippen molar-refractivity contribution in [2.75, 3.05) is 0 Å². The van der Waals surface area contributed by atoms with Crippen LogP contribution in [0.4, 0.5) is 0 Å². The molecule has 0 saturated heterocycles. The third-order valence-corrected chi connectivity index (χ3v) is 10.3. The Kier molecular flexibility index (Phi) is 3.76. The molecule has 2 nitrogen and oxygen atoms in total. The Labute approximate surface area is 206 Å². The first-order chi connectivity index (χ1) is 17.0. The van der Waals surface area contributed by atoms with Gasteiger partial charge in [-0.25, -0.2) is 4.57 Å². The molecule has 3 unspecified atom stereocenters. The lowest BCUT2D eigenvalue weighted by atomic mass is 9.80. The van der Waals surface area contributed by atoms with Crippen molar-refractivity contribution in [1.29, 1.82) is 0 Å². The summed E-state index contributed by atoms with van der Waals surface area (Å²) in [5.41, 5.74) is 12.9. The second kappa shape index (κ2) is 6.55. The average molecular weight is 458 g/mol. The van der Waals surface area contributed by atoms with Gasteiger partial charge in [-0.1, -0.05) is 24.6 Å². The first-order valence-electron chi connectivity index (χ1n) is 13.4. The third kappa shape index (κ3) is 2.30. The summed E-state index contributed by atoms with van der Waals surface area (Å²) in [6.07, 6.45) is 7.98. The number of hydrogen-bond acceptors (Lipinski definition) is 0. The fourth-order valence-corrected chi connectivity index (χ4v) is 8.35. The Bertz CT molecular complexity index is 1870. The van der Waals surface area contributed by atoms with Gasteiger partial charge < -0.3 is 4.40 Å². The van der Waals surface area contributed by atoms with Crippen LogP contribution in [0.15, 0.2) is 42.6 Å². The number of nitrogens with zero attached hydrogens (tertiary/aromatic N) is 2. The van der Waals surface area contributed by atoms with Crippen LogP contribution in [0.25, 0.3) is 49.0 Å². The molecule has 0 amide bonds. The van der Waals surface area contributed by atoms with Crippen LogP contribution in [0.3, 0.4) is 0 Å². The van der Waals surface area contributed by atoms with Gasteiger partial charge in [-0.2, -0.15) is 0 Å². The van der Waals surface area contributed by atoms with E-state index in [-0.39, 0.29) is 0 Å². The van der Waals surface area contributed by atoms with Gasteiger partial charge >= 0.3 is 0 Å². The van der Waals surface area contributed by atoms with Crippen molar-refractivity contribution in [2.45, 2.75) is 59.3 Å². The van der Waals surface area contributed by atoms with Crippen LogP contribution >= 0.6 is 0 Å². The summed E-state index contributed by atoms with van der Waals surface area (Å²) in [7, 11) is 2.23. The molecule has 35 heavy (non-hydrogen) atoms. The van der Waals surface area contributed by atoms with E-state index in [2.05, 4.69) is 86.3 Å². The van der Waals surface area contributed by atoms with Crippen LogP contribution in [0.2, 0.25) is 0 Å². The molecule has 2 heteroatoms. The number of pyridine rings is 2. The quantitative estimate of drug-likeness (QED) is 0.134. The lowest BCUT2D eigenvalue weighted by Gasteiger charge is -2.24. The molecule has 0 N–H and O–H groups in total. The van der Waals surface area contributed by atoms with Gasteiger partial charge in [0.2, 0.25) is 5.52 Å². The van der Waals surface area contributed by atoms with Crippen molar-refractivity contribution in [3.05, 3.63) is 70.4 Å². The average Bonchev–Trinajstić information content (AvgIpc) is 3.59. The van der Waals surface area contributed by atoms with Crippen molar-refractivity contribution < 1.29 is 4.57 Å². The summed E-state index contributed by atoms with van der Waals surface area (Å²) in [5, 5.41) is 7.23. The van der Waals surface area contributed by atoms with Crippen LogP contribution in [0.5, 0.6) is 0 Å². The number of rotatable bonds is 1. The van der Waals surface area contributed by atoms with Crippen molar-refractivity contribution >= 4 is 49.0 Å². The van der Waals surface area contributed by atoms with Gasteiger partial charge in [0, 0.05) is 16.8 Å². The molecule has 6 aromatic rings. The topological polar surface area (TPSA) is 8.29 Å². The first kappa shape index (κ1) is 20.1. The molecule has 2 saturated carbocycles. The summed E-state index contributed by atoms with van der Waals surface area (Å²) < 4.78 is 5.03. The van der Waals surface area contributed by atoms with E-state index >= 15 is 0 Å². The minimum absolute atomic E-state index is 0.707. The zero-order valence-corrected chi connectivity index (χ0v) is 21.5. The fourth-order valence-electron chi connectivity index (χ4n) is 8.35. The molecule has 3 heterocycles. The lowest BCUT2D eigenvalue weighted by Crippen LogP contribution is -2.29. The highest BCUT2D eigenvalue weighted by Gasteiger charge is 2.41. The summed E-state index contributed by atoms with van der Waals surface area (Å²) in [5.74, 6) is 2.52. The van der Waals surface area contributed by atoms with Crippen LogP contribution in [0.1, 0.15) is 59.4 Å². The highest BCUT2D eigenvalue weighted by atomic mass is 15.0. The lowest BCUT2D eigenvalue weighted by molar-refractivity contribution is -0.643. The summed E-state index contributed by atoms with van der Waals surface area (Å²) in [6.45, 7) is 9.28. The monoisotopic (exact) mass is 457 g/mol. The van der Waals surface area contributed by atoms with Gasteiger partial charge in [0.15, 0.2) is 6.20 Å². The second-order valence-electron chi connectivity index (χ2n) is 11.8. The normalized spacial score (nSPS) is 22.3. The molecule has 0 aliphatic heterocycles. The van der Waals surface area contributed by atoms with Crippen molar-refractivity contribution in [3.63, 3.8) is 0 Å². The predicted molar refractivity (Wildman–Crippen MR) is 147 cm³/mol. The van der Waals surface area contributed by atoms with Gasteiger partial charge in [-0.3, -0.25) is 0 Å². The molecular formula is C33H33N2+.